The minimum atomic E-state index is -2.01. The maximum Gasteiger partial charge on any atom is 0.311 e. The monoisotopic (exact) mass is 648 g/mol. The number of carbonyl (C=O) groups is 3. The molecule has 0 aromatic rings. The van der Waals surface area contributed by atoms with Crippen LogP contribution in [-0.2, 0) is 33.0 Å². The van der Waals surface area contributed by atoms with Gasteiger partial charge >= 0.3 is 17.9 Å². The molecule has 2 fully saturated rings. The third-order valence-electron chi connectivity index (χ3n) is 11.8. The molecule has 1 saturated heterocycles. The standard InChI is InChI=1S/C37H64O7Si/c1-13-36(7,8)33(39)41-23-25-19-26-16-15-24(3)29(32(26)30(20-25)43-34(40)37(9,10)14-2)18-17-27-21-28(22-31(38)42-27)44-45(11,12)35(4,5)6/h19,24-25,27-30,32H,13-18,20-23H2,1-12H3/t24-,25-,27+,28+,29-,30-,32-/m0/s1. The molecule has 3 rings (SSSR count). The first-order valence-electron chi connectivity index (χ1n) is 17.7. The molecule has 1 saturated carbocycles. The quantitative estimate of drug-likeness (QED) is 0.0904. The van der Waals surface area contributed by atoms with Gasteiger partial charge in [0.05, 0.1) is 30.0 Å². The Morgan fingerprint density at radius 3 is 2.18 bits per heavy atom. The van der Waals surface area contributed by atoms with Crippen molar-refractivity contribution in [3.05, 3.63) is 11.6 Å². The minimum absolute atomic E-state index is 0.0111. The van der Waals surface area contributed by atoms with Crippen LogP contribution in [0.4, 0.5) is 0 Å². The third-order valence-corrected chi connectivity index (χ3v) is 16.3. The van der Waals surface area contributed by atoms with Gasteiger partial charge in [-0.15, -0.1) is 0 Å². The number of hydrogen-bond donors (Lipinski definition) is 0. The zero-order valence-electron chi connectivity index (χ0n) is 30.5. The summed E-state index contributed by atoms with van der Waals surface area (Å²) in [4.78, 5) is 38.9. The molecule has 0 aromatic carbocycles. The van der Waals surface area contributed by atoms with Crippen molar-refractivity contribution in [2.75, 3.05) is 6.61 Å². The smallest absolute Gasteiger partial charge is 0.311 e. The Morgan fingerprint density at radius 2 is 1.58 bits per heavy atom. The molecular weight excluding hydrogens is 584 g/mol. The van der Waals surface area contributed by atoms with E-state index in [1.807, 2.05) is 41.5 Å². The molecule has 0 spiro atoms. The van der Waals surface area contributed by atoms with Crippen LogP contribution < -0.4 is 0 Å². The van der Waals surface area contributed by atoms with Crippen LogP contribution >= 0.6 is 0 Å². The normalized spacial score (nSPS) is 29.7. The van der Waals surface area contributed by atoms with Gasteiger partial charge in [-0.2, -0.15) is 0 Å². The summed E-state index contributed by atoms with van der Waals surface area (Å²) in [5, 5.41) is 0.0757. The second-order valence-electron chi connectivity index (χ2n) is 17.1. The highest BCUT2D eigenvalue weighted by molar-refractivity contribution is 6.74. The lowest BCUT2D eigenvalue weighted by molar-refractivity contribution is -0.168. The van der Waals surface area contributed by atoms with Gasteiger partial charge in [-0.25, -0.2) is 0 Å². The highest BCUT2D eigenvalue weighted by Crippen LogP contribution is 2.49. The van der Waals surface area contributed by atoms with E-state index >= 15 is 0 Å². The maximum atomic E-state index is 13.4. The van der Waals surface area contributed by atoms with E-state index in [0.717, 1.165) is 32.1 Å². The van der Waals surface area contributed by atoms with Crippen LogP contribution in [0.5, 0.6) is 0 Å². The van der Waals surface area contributed by atoms with Crippen molar-refractivity contribution in [2.24, 2.45) is 34.5 Å². The largest absolute Gasteiger partial charge is 0.465 e. The first-order valence-corrected chi connectivity index (χ1v) is 20.6. The molecule has 0 aromatic heterocycles. The number of fused-ring (bicyclic) bond motifs is 1. The molecule has 0 bridgehead atoms. The summed E-state index contributed by atoms with van der Waals surface area (Å²) in [6.45, 7) is 25.5. The van der Waals surface area contributed by atoms with Crippen molar-refractivity contribution in [2.45, 2.75) is 163 Å². The zero-order chi connectivity index (χ0) is 34.0. The Balaban J connectivity index is 1.80. The molecule has 1 heterocycles. The van der Waals surface area contributed by atoms with Crippen molar-refractivity contribution in [3.63, 3.8) is 0 Å². The highest BCUT2D eigenvalue weighted by Gasteiger charge is 2.46. The van der Waals surface area contributed by atoms with Gasteiger partial charge < -0.3 is 18.6 Å². The molecule has 8 heteroatoms. The summed E-state index contributed by atoms with van der Waals surface area (Å²) in [6, 6.07) is 0. The van der Waals surface area contributed by atoms with E-state index in [1.54, 1.807) is 0 Å². The molecule has 2 aliphatic carbocycles. The summed E-state index contributed by atoms with van der Waals surface area (Å²) < 4.78 is 24.8. The van der Waals surface area contributed by atoms with Crippen LogP contribution in [0.2, 0.25) is 18.1 Å². The van der Waals surface area contributed by atoms with Gasteiger partial charge in [-0.05, 0) is 103 Å². The van der Waals surface area contributed by atoms with Crippen LogP contribution in [0.3, 0.4) is 0 Å². The summed E-state index contributed by atoms with van der Waals surface area (Å²) in [5.41, 5.74) is 0.232. The lowest BCUT2D eigenvalue weighted by Crippen LogP contribution is -2.47. The molecule has 0 unspecified atom stereocenters. The first kappa shape index (κ1) is 37.8. The van der Waals surface area contributed by atoms with Gasteiger partial charge in [-0.1, -0.05) is 53.2 Å². The summed E-state index contributed by atoms with van der Waals surface area (Å²) in [5.74, 6) is 0.366. The van der Waals surface area contributed by atoms with Gasteiger partial charge in [0.15, 0.2) is 8.32 Å². The topological polar surface area (TPSA) is 88.1 Å². The van der Waals surface area contributed by atoms with Gasteiger partial charge in [-0.3, -0.25) is 14.4 Å². The van der Waals surface area contributed by atoms with Crippen LogP contribution in [-0.4, -0.2) is 51.1 Å². The van der Waals surface area contributed by atoms with Crippen LogP contribution in [0.15, 0.2) is 11.6 Å². The van der Waals surface area contributed by atoms with Crippen LogP contribution in [0, 0.1) is 34.5 Å². The fourth-order valence-electron chi connectivity index (χ4n) is 6.68. The SMILES string of the molecule is CCC(C)(C)C(=O)OC[C@H]1C=C2CC[C@H](C)[C@H](CC[C@@H]3C[C@@H](O[Si](C)(C)C(C)(C)C)CC(=O)O3)[C@H]2[C@@H](OC(=O)C(C)(C)CC)C1. The van der Waals surface area contributed by atoms with E-state index in [9.17, 15) is 14.4 Å². The van der Waals surface area contributed by atoms with Crippen molar-refractivity contribution in [3.8, 4) is 0 Å². The van der Waals surface area contributed by atoms with Crippen molar-refractivity contribution in [1.29, 1.82) is 0 Å². The molecule has 0 radical (unpaired) electrons. The molecule has 3 aliphatic rings. The van der Waals surface area contributed by atoms with Crippen LogP contribution in [0.1, 0.15) is 127 Å². The number of rotatable bonds is 12. The Bertz CT molecular complexity index is 1080. The Morgan fingerprint density at radius 1 is 0.956 bits per heavy atom. The second kappa shape index (κ2) is 14.6. The summed E-state index contributed by atoms with van der Waals surface area (Å²) in [6.07, 6.45) is 8.57. The Kier molecular flexibility index (Phi) is 12.3. The molecular formula is C37H64O7Si. The fourth-order valence-corrected chi connectivity index (χ4v) is 8.04. The van der Waals surface area contributed by atoms with Crippen molar-refractivity contribution in [1.82, 2.24) is 0 Å². The van der Waals surface area contributed by atoms with E-state index in [2.05, 4.69) is 46.9 Å². The lowest BCUT2D eigenvalue weighted by atomic mass is 9.62. The molecule has 45 heavy (non-hydrogen) atoms. The summed E-state index contributed by atoms with van der Waals surface area (Å²) >= 11 is 0. The maximum absolute atomic E-state index is 13.4. The predicted octanol–water partition coefficient (Wildman–Crippen LogP) is 8.80. The van der Waals surface area contributed by atoms with E-state index in [4.69, 9.17) is 18.6 Å². The average Bonchev–Trinajstić information content (AvgIpc) is 2.94. The number of esters is 3. The fraction of sp³-hybridized carbons (Fsp3) is 0.865. The van der Waals surface area contributed by atoms with E-state index in [-0.39, 0.29) is 53.1 Å². The van der Waals surface area contributed by atoms with Gasteiger partial charge in [0, 0.05) is 18.3 Å². The lowest BCUT2D eigenvalue weighted by Gasteiger charge is -2.47. The molecule has 7 atom stereocenters. The minimum Gasteiger partial charge on any atom is -0.465 e. The Labute approximate surface area is 275 Å². The van der Waals surface area contributed by atoms with Crippen molar-refractivity contribution >= 4 is 26.2 Å². The molecule has 7 nitrogen and oxygen atoms in total. The second-order valence-corrected chi connectivity index (χ2v) is 21.8. The molecule has 258 valence electrons. The summed E-state index contributed by atoms with van der Waals surface area (Å²) in [7, 11) is -2.01. The van der Waals surface area contributed by atoms with Gasteiger partial charge in [0.2, 0.25) is 0 Å². The predicted molar refractivity (Wildman–Crippen MR) is 181 cm³/mol. The van der Waals surface area contributed by atoms with Gasteiger partial charge in [0.1, 0.15) is 12.2 Å². The highest BCUT2D eigenvalue weighted by atomic mass is 28.4. The number of hydrogen-bond acceptors (Lipinski definition) is 7. The number of ether oxygens (including phenoxy) is 3. The first-order chi connectivity index (χ1) is 20.7. The Hall–Kier alpha value is -1.67. The molecule has 1 aliphatic heterocycles. The van der Waals surface area contributed by atoms with E-state index < -0.39 is 19.1 Å². The van der Waals surface area contributed by atoms with E-state index in [0.29, 0.717) is 44.1 Å². The molecule has 0 N–H and O–H groups in total. The number of cyclic esters (lactones) is 1. The molecule has 0 amide bonds. The zero-order valence-corrected chi connectivity index (χ0v) is 31.5. The van der Waals surface area contributed by atoms with Gasteiger partial charge in [0.25, 0.3) is 0 Å². The third kappa shape index (κ3) is 9.45. The van der Waals surface area contributed by atoms with Crippen molar-refractivity contribution < 1.29 is 33.0 Å². The number of carbonyl (C=O) groups excluding carboxylic acids is 3. The van der Waals surface area contributed by atoms with E-state index in [1.165, 1.54) is 5.57 Å². The van der Waals surface area contributed by atoms with Crippen LogP contribution in [0.25, 0.3) is 0 Å². The average molecular weight is 649 g/mol.